The summed E-state index contributed by atoms with van der Waals surface area (Å²) in [5.41, 5.74) is 1.22. The van der Waals surface area contributed by atoms with Gasteiger partial charge in [-0.2, -0.15) is 0 Å². The van der Waals surface area contributed by atoms with Crippen molar-refractivity contribution in [1.29, 1.82) is 0 Å². The van der Waals surface area contributed by atoms with Gasteiger partial charge in [0.25, 0.3) is 0 Å². The summed E-state index contributed by atoms with van der Waals surface area (Å²) in [6.07, 6.45) is 2.17. The van der Waals surface area contributed by atoms with Gasteiger partial charge in [-0.25, -0.2) is 8.78 Å². The standard InChI is InChI=1S/C13H15ClF2/c1-7-3-4-9-11(15)6-8(2)13(16)12(9)10(14)5-7/h6-7,10H,3-5H2,1-2H3. The number of aryl methyl sites for hydroxylation is 1. The van der Waals surface area contributed by atoms with E-state index >= 15 is 0 Å². The van der Waals surface area contributed by atoms with E-state index in [1.165, 1.54) is 6.07 Å². The lowest BCUT2D eigenvalue weighted by molar-refractivity contribution is 0.497. The van der Waals surface area contributed by atoms with Crippen LogP contribution in [0.15, 0.2) is 6.07 Å². The number of rotatable bonds is 0. The van der Waals surface area contributed by atoms with Crippen molar-refractivity contribution in [2.45, 2.75) is 38.5 Å². The van der Waals surface area contributed by atoms with Crippen LogP contribution in [-0.2, 0) is 6.42 Å². The Balaban J connectivity index is 2.59. The monoisotopic (exact) mass is 244 g/mol. The third kappa shape index (κ3) is 1.95. The highest BCUT2D eigenvalue weighted by atomic mass is 35.5. The molecule has 16 heavy (non-hydrogen) atoms. The fraction of sp³-hybridized carbons (Fsp3) is 0.538. The van der Waals surface area contributed by atoms with Crippen molar-refractivity contribution in [2.24, 2.45) is 5.92 Å². The molecule has 0 radical (unpaired) electrons. The van der Waals surface area contributed by atoms with Crippen LogP contribution in [0.4, 0.5) is 8.78 Å². The summed E-state index contributed by atoms with van der Waals surface area (Å²) in [4.78, 5) is 0. The van der Waals surface area contributed by atoms with Crippen LogP contribution < -0.4 is 0 Å². The molecule has 1 aromatic rings. The number of hydrogen-bond donors (Lipinski definition) is 0. The normalized spacial score (nSPS) is 25.1. The lowest BCUT2D eigenvalue weighted by Crippen LogP contribution is -2.04. The maximum Gasteiger partial charge on any atom is 0.131 e. The summed E-state index contributed by atoms with van der Waals surface area (Å²) < 4.78 is 27.7. The fourth-order valence-corrected chi connectivity index (χ4v) is 2.91. The average molecular weight is 245 g/mol. The molecule has 2 atom stereocenters. The second kappa shape index (κ2) is 4.33. The van der Waals surface area contributed by atoms with Crippen LogP contribution in [0.3, 0.4) is 0 Å². The Morgan fingerprint density at radius 3 is 2.75 bits per heavy atom. The van der Waals surface area contributed by atoms with Crippen LogP contribution in [0.1, 0.15) is 41.8 Å². The average Bonchev–Trinajstić information content (AvgIpc) is 2.34. The van der Waals surface area contributed by atoms with Crippen LogP contribution >= 0.6 is 11.6 Å². The molecule has 0 nitrogen and oxygen atoms in total. The molecule has 0 saturated heterocycles. The maximum atomic E-state index is 14.0. The third-order valence-corrected chi connectivity index (χ3v) is 3.75. The van der Waals surface area contributed by atoms with E-state index in [0.717, 1.165) is 6.42 Å². The minimum atomic E-state index is -0.401. The Hall–Kier alpha value is -0.630. The van der Waals surface area contributed by atoms with Gasteiger partial charge in [0.05, 0.1) is 5.38 Å². The van der Waals surface area contributed by atoms with Crippen LogP contribution in [0.2, 0.25) is 0 Å². The first kappa shape index (κ1) is 11.8. The topological polar surface area (TPSA) is 0 Å². The molecule has 0 aromatic heterocycles. The smallest absolute Gasteiger partial charge is 0.131 e. The van der Waals surface area contributed by atoms with Gasteiger partial charge in [0.1, 0.15) is 11.6 Å². The molecular formula is C13H15ClF2. The van der Waals surface area contributed by atoms with E-state index < -0.39 is 5.38 Å². The molecule has 1 aliphatic carbocycles. The summed E-state index contributed by atoms with van der Waals surface area (Å²) in [6, 6.07) is 1.27. The zero-order chi connectivity index (χ0) is 11.9. The number of fused-ring (bicyclic) bond motifs is 1. The number of hydrogen-bond acceptors (Lipinski definition) is 0. The van der Waals surface area contributed by atoms with Gasteiger partial charge < -0.3 is 0 Å². The van der Waals surface area contributed by atoms with Crippen molar-refractivity contribution in [3.05, 3.63) is 34.4 Å². The summed E-state index contributed by atoms with van der Waals surface area (Å²) in [7, 11) is 0. The molecule has 0 saturated carbocycles. The van der Waals surface area contributed by atoms with Crippen molar-refractivity contribution in [2.75, 3.05) is 0 Å². The molecule has 1 aromatic carbocycles. The molecule has 2 unspecified atom stereocenters. The van der Waals surface area contributed by atoms with E-state index in [4.69, 9.17) is 11.6 Å². The molecule has 88 valence electrons. The van der Waals surface area contributed by atoms with Crippen LogP contribution in [0.5, 0.6) is 0 Å². The minimum Gasteiger partial charge on any atom is -0.207 e. The zero-order valence-corrected chi connectivity index (χ0v) is 10.2. The van der Waals surface area contributed by atoms with Crippen molar-refractivity contribution in [1.82, 2.24) is 0 Å². The molecule has 0 N–H and O–H groups in total. The Morgan fingerprint density at radius 1 is 1.38 bits per heavy atom. The van der Waals surface area contributed by atoms with Gasteiger partial charge in [-0.05, 0) is 49.3 Å². The van der Waals surface area contributed by atoms with Crippen molar-refractivity contribution >= 4 is 11.6 Å². The fourth-order valence-electron chi connectivity index (χ4n) is 2.37. The van der Waals surface area contributed by atoms with Crippen molar-refractivity contribution < 1.29 is 8.78 Å². The quantitative estimate of drug-likeness (QED) is 0.465. The van der Waals surface area contributed by atoms with Crippen LogP contribution in [-0.4, -0.2) is 0 Å². The molecule has 0 fully saturated rings. The van der Waals surface area contributed by atoms with Crippen LogP contribution in [0.25, 0.3) is 0 Å². The third-order valence-electron chi connectivity index (χ3n) is 3.35. The van der Waals surface area contributed by atoms with E-state index in [2.05, 4.69) is 6.92 Å². The van der Waals surface area contributed by atoms with E-state index in [-0.39, 0.29) is 11.6 Å². The lowest BCUT2D eigenvalue weighted by atomic mass is 9.98. The molecule has 0 aliphatic heterocycles. The summed E-state index contributed by atoms with van der Waals surface area (Å²) in [5, 5.41) is -0.401. The second-order valence-corrected chi connectivity index (χ2v) is 5.26. The Morgan fingerprint density at radius 2 is 2.06 bits per heavy atom. The molecule has 2 rings (SSSR count). The minimum absolute atomic E-state index is 0.311. The van der Waals surface area contributed by atoms with Gasteiger partial charge in [0, 0.05) is 5.56 Å². The Bertz CT molecular complexity index is 415. The van der Waals surface area contributed by atoms with Crippen LogP contribution in [0, 0.1) is 24.5 Å². The van der Waals surface area contributed by atoms with Gasteiger partial charge in [-0.15, -0.1) is 11.6 Å². The van der Waals surface area contributed by atoms with Gasteiger partial charge in [-0.1, -0.05) is 6.92 Å². The largest absolute Gasteiger partial charge is 0.207 e. The highest BCUT2D eigenvalue weighted by molar-refractivity contribution is 6.21. The highest BCUT2D eigenvalue weighted by Gasteiger charge is 2.27. The molecule has 0 amide bonds. The lowest BCUT2D eigenvalue weighted by Gasteiger charge is -2.15. The van der Waals surface area contributed by atoms with E-state index in [1.54, 1.807) is 6.92 Å². The molecular weight excluding hydrogens is 230 g/mol. The van der Waals surface area contributed by atoms with Gasteiger partial charge in [0.15, 0.2) is 0 Å². The predicted molar refractivity (Wildman–Crippen MR) is 61.8 cm³/mol. The van der Waals surface area contributed by atoms with Gasteiger partial charge in [-0.3, -0.25) is 0 Å². The first-order valence-electron chi connectivity index (χ1n) is 5.62. The number of halogens is 3. The summed E-state index contributed by atoms with van der Waals surface area (Å²) in [6.45, 7) is 3.65. The maximum absolute atomic E-state index is 14.0. The highest BCUT2D eigenvalue weighted by Crippen LogP contribution is 2.39. The van der Waals surface area contributed by atoms with Gasteiger partial charge >= 0.3 is 0 Å². The molecule has 0 bridgehead atoms. The van der Waals surface area contributed by atoms with E-state index in [0.29, 0.717) is 35.4 Å². The summed E-state index contributed by atoms with van der Waals surface area (Å²) in [5.74, 6) is -0.229. The number of alkyl halides is 1. The van der Waals surface area contributed by atoms with E-state index in [1.807, 2.05) is 0 Å². The first-order valence-corrected chi connectivity index (χ1v) is 6.05. The molecule has 0 heterocycles. The van der Waals surface area contributed by atoms with Crippen molar-refractivity contribution in [3.8, 4) is 0 Å². The molecule has 1 aliphatic rings. The summed E-state index contributed by atoms with van der Waals surface area (Å²) >= 11 is 6.19. The van der Waals surface area contributed by atoms with E-state index in [9.17, 15) is 8.78 Å². The van der Waals surface area contributed by atoms with Crippen molar-refractivity contribution in [3.63, 3.8) is 0 Å². The predicted octanol–water partition coefficient (Wildman–Crippen LogP) is 4.53. The Labute approximate surface area is 99.6 Å². The second-order valence-electron chi connectivity index (χ2n) is 4.73. The number of benzene rings is 1. The molecule has 3 heteroatoms. The molecule has 0 spiro atoms. The van der Waals surface area contributed by atoms with Gasteiger partial charge in [0.2, 0.25) is 0 Å². The zero-order valence-electron chi connectivity index (χ0n) is 9.49. The SMILES string of the molecule is Cc1cc(F)c2c(c1F)C(Cl)CC(C)CC2. The first-order chi connectivity index (χ1) is 7.50. The Kier molecular flexibility index (Phi) is 3.20.